The number of aldehydes is 1. The van der Waals surface area contributed by atoms with Crippen molar-refractivity contribution in [1.82, 2.24) is 9.80 Å². The van der Waals surface area contributed by atoms with Crippen LogP contribution in [0.25, 0.3) is 0 Å². The summed E-state index contributed by atoms with van der Waals surface area (Å²) in [5, 5.41) is 3.06. The minimum atomic E-state index is -0.199. The van der Waals surface area contributed by atoms with Gasteiger partial charge in [-0.3, -0.25) is 14.5 Å². The van der Waals surface area contributed by atoms with E-state index in [0.29, 0.717) is 12.2 Å². The van der Waals surface area contributed by atoms with Gasteiger partial charge in [0.2, 0.25) is 5.91 Å². The van der Waals surface area contributed by atoms with Gasteiger partial charge in [-0.2, -0.15) is 0 Å². The first kappa shape index (κ1) is 25.4. The molecule has 5 N–H and O–H groups in total. The number of carbonyl (C=O) groups is 2. The molecular formula is C24H36FN5O2. The second-order valence-electron chi connectivity index (χ2n) is 8.24. The maximum atomic E-state index is 13.8. The van der Waals surface area contributed by atoms with Gasteiger partial charge in [-0.15, -0.1) is 0 Å². The zero-order valence-corrected chi connectivity index (χ0v) is 19.1. The van der Waals surface area contributed by atoms with Gasteiger partial charge in [-0.1, -0.05) is 12.8 Å². The number of allylic oxidation sites excluding steroid dienone is 3. The van der Waals surface area contributed by atoms with Crippen molar-refractivity contribution in [3.63, 3.8) is 0 Å². The predicted molar refractivity (Wildman–Crippen MR) is 126 cm³/mol. The van der Waals surface area contributed by atoms with Crippen LogP contribution < -0.4 is 16.8 Å². The summed E-state index contributed by atoms with van der Waals surface area (Å²) in [5.41, 5.74) is 13.1. The zero-order valence-electron chi connectivity index (χ0n) is 19.1. The number of anilines is 1. The summed E-state index contributed by atoms with van der Waals surface area (Å²) in [7, 11) is 1.82. The molecule has 7 nitrogen and oxygen atoms in total. The Kier molecular flexibility index (Phi) is 10.2. The maximum Gasteiger partial charge on any atom is 0.225 e. The van der Waals surface area contributed by atoms with Crippen molar-refractivity contribution in [2.45, 2.75) is 39.2 Å². The molecule has 8 heteroatoms. The molecule has 1 amide bonds. The molecule has 0 atom stereocenters. The molecule has 32 heavy (non-hydrogen) atoms. The standard InChI is InChI=1S/C19H28FN3O.C5H8N2O/c1-14-16(11-17(20)12-18(14)21-2)13-22-7-9-23(10-8-22)19(24)15-5-3-4-6-15;6-3-1-2-5(7)4-8/h11-12,15,21H,3-10,13H2,1-2H3;1-4H,6-7H2/b;3-1-,5-2-. The first-order valence-electron chi connectivity index (χ1n) is 11.2. The van der Waals surface area contributed by atoms with Gasteiger partial charge in [0.25, 0.3) is 0 Å². The summed E-state index contributed by atoms with van der Waals surface area (Å²) in [6, 6.07) is 3.17. The van der Waals surface area contributed by atoms with Crippen LogP contribution in [0.15, 0.2) is 36.2 Å². The number of rotatable bonds is 6. The molecule has 1 saturated heterocycles. The first-order chi connectivity index (χ1) is 15.4. The van der Waals surface area contributed by atoms with E-state index in [4.69, 9.17) is 11.5 Å². The van der Waals surface area contributed by atoms with Crippen LogP contribution in [-0.2, 0) is 16.1 Å². The normalized spacial score (nSPS) is 17.8. The number of nitrogens with one attached hydrogen (secondary N) is 1. The van der Waals surface area contributed by atoms with Gasteiger partial charge in [0.05, 0.1) is 5.70 Å². The Hall–Kier alpha value is -2.87. The largest absolute Gasteiger partial charge is 0.405 e. The van der Waals surface area contributed by atoms with Gasteiger partial charge < -0.3 is 21.7 Å². The summed E-state index contributed by atoms with van der Waals surface area (Å²) in [5.74, 6) is 0.418. The van der Waals surface area contributed by atoms with Crippen LogP contribution >= 0.6 is 0 Å². The van der Waals surface area contributed by atoms with Crippen LogP contribution in [0.3, 0.4) is 0 Å². The summed E-state index contributed by atoms with van der Waals surface area (Å²) in [6.07, 6.45) is 9.29. The van der Waals surface area contributed by atoms with E-state index in [1.807, 2.05) is 18.9 Å². The van der Waals surface area contributed by atoms with Crippen molar-refractivity contribution in [2.24, 2.45) is 17.4 Å². The lowest BCUT2D eigenvalue weighted by Gasteiger charge is -2.36. The molecule has 0 aromatic heterocycles. The number of nitrogens with zero attached hydrogens (tertiary/aromatic N) is 2. The van der Waals surface area contributed by atoms with E-state index >= 15 is 0 Å². The molecule has 0 unspecified atom stereocenters. The molecule has 1 aromatic carbocycles. The molecule has 2 aliphatic rings. The highest BCUT2D eigenvalue weighted by Crippen LogP contribution is 2.27. The van der Waals surface area contributed by atoms with E-state index in [1.165, 1.54) is 37.3 Å². The Balaban J connectivity index is 0.000000390. The van der Waals surface area contributed by atoms with Crippen LogP contribution in [-0.4, -0.2) is 55.2 Å². The van der Waals surface area contributed by atoms with Crippen molar-refractivity contribution in [3.05, 3.63) is 53.1 Å². The number of hydrogen-bond acceptors (Lipinski definition) is 6. The molecule has 176 valence electrons. The Morgan fingerprint density at radius 1 is 1.22 bits per heavy atom. The highest BCUT2D eigenvalue weighted by atomic mass is 19.1. The molecule has 0 radical (unpaired) electrons. The molecule has 0 spiro atoms. The highest BCUT2D eigenvalue weighted by molar-refractivity contribution is 5.79. The average Bonchev–Trinajstić information content (AvgIpc) is 3.35. The van der Waals surface area contributed by atoms with Crippen molar-refractivity contribution in [1.29, 1.82) is 0 Å². The molecule has 3 rings (SSSR count). The lowest BCUT2D eigenvalue weighted by atomic mass is 10.0. The number of piperazine rings is 1. The van der Waals surface area contributed by atoms with E-state index in [2.05, 4.69) is 10.2 Å². The smallest absolute Gasteiger partial charge is 0.225 e. The molecule has 1 aliphatic heterocycles. The fraction of sp³-hybridized carbons (Fsp3) is 0.500. The van der Waals surface area contributed by atoms with Crippen LogP contribution in [0, 0.1) is 18.7 Å². The topological polar surface area (TPSA) is 105 Å². The summed E-state index contributed by atoms with van der Waals surface area (Å²) >= 11 is 0. The summed E-state index contributed by atoms with van der Waals surface area (Å²) in [6.45, 7) is 6.09. The lowest BCUT2D eigenvalue weighted by Crippen LogP contribution is -2.49. The fourth-order valence-corrected chi connectivity index (χ4v) is 4.16. The molecule has 0 bridgehead atoms. The molecule has 1 heterocycles. The number of nitrogens with two attached hydrogens (primary N) is 2. The van der Waals surface area contributed by atoms with E-state index < -0.39 is 0 Å². The van der Waals surface area contributed by atoms with Crippen molar-refractivity contribution < 1.29 is 14.0 Å². The minimum Gasteiger partial charge on any atom is -0.405 e. The van der Waals surface area contributed by atoms with E-state index in [0.717, 1.165) is 62.4 Å². The van der Waals surface area contributed by atoms with E-state index in [1.54, 1.807) is 6.07 Å². The third-order valence-corrected chi connectivity index (χ3v) is 6.07. The Morgan fingerprint density at radius 3 is 2.44 bits per heavy atom. The first-order valence-corrected chi connectivity index (χ1v) is 11.2. The SMILES string of the molecule is CNc1cc(F)cc(CN2CCN(C(=O)C3CCCC3)CC2)c1C.N/C=C\C=C(/N)C=O. The Bertz CT molecular complexity index is 826. The molecule has 1 saturated carbocycles. The van der Waals surface area contributed by atoms with Gasteiger partial charge in [0.15, 0.2) is 6.29 Å². The van der Waals surface area contributed by atoms with Gasteiger partial charge >= 0.3 is 0 Å². The molecule has 1 aromatic rings. The zero-order chi connectivity index (χ0) is 23.5. The quantitative estimate of drug-likeness (QED) is 0.353. The second kappa shape index (κ2) is 12.9. The van der Waals surface area contributed by atoms with Crippen LogP contribution in [0.4, 0.5) is 10.1 Å². The van der Waals surface area contributed by atoms with Gasteiger partial charge in [-0.25, -0.2) is 4.39 Å². The second-order valence-corrected chi connectivity index (χ2v) is 8.24. The number of halogens is 1. The van der Waals surface area contributed by atoms with Gasteiger partial charge in [-0.05, 0) is 61.4 Å². The van der Waals surface area contributed by atoms with Gasteiger partial charge in [0.1, 0.15) is 5.82 Å². The van der Waals surface area contributed by atoms with Crippen LogP contribution in [0.5, 0.6) is 0 Å². The Morgan fingerprint density at radius 2 is 1.88 bits per heavy atom. The van der Waals surface area contributed by atoms with Crippen LogP contribution in [0.2, 0.25) is 0 Å². The van der Waals surface area contributed by atoms with Crippen molar-refractivity contribution in [3.8, 4) is 0 Å². The maximum absolute atomic E-state index is 13.8. The third-order valence-electron chi connectivity index (χ3n) is 6.07. The predicted octanol–water partition coefficient (Wildman–Crippen LogP) is 2.51. The monoisotopic (exact) mass is 445 g/mol. The fourth-order valence-electron chi connectivity index (χ4n) is 4.16. The Labute approximate surface area is 190 Å². The van der Waals surface area contributed by atoms with E-state index in [9.17, 15) is 14.0 Å². The highest BCUT2D eigenvalue weighted by Gasteiger charge is 2.29. The molecule has 1 aliphatic carbocycles. The third kappa shape index (κ3) is 7.37. The van der Waals surface area contributed by atoms with Crippen LogP contribution in [0.1, 0.15) is 36.8 Å². The summed E-state index contributed by atoms with van der Waals surface area (Å²) in [4.78, 5) is 26.6. The number of hydrogen-bond donors (Lipinski definition) is 3. The summed E-state index contributed by atoms with van der Waals surface area (Å²) < 4.78 is 13.8. The average molecular weight is 446 g/mol. The number of benzene rings is 1. The van der Waals surface area contributed by atoms with Crippen molar-refractivity contribution in [2.75, 3.05) is 38.5 Å². The number of carbonyl (C=O) groups excluding carboxylic acids is 2. The number of amides is 1. The van der Waals surface area contributed by atoms with E-state index in [-0.39, 0.29) is 17.4 Å². The van der Waals surface area contributed by atoms with Gasteiger partial charge in [0, 0.05) is 51.4 Å². The van der Waals surface area contributed by atoms with Crippen molar-refractivity contribution >= 4 is 17.9 Å². The molecular weight excluding hydrogens is 409 g/mol. The minimum absolute atomic E-state index is 0.173. The lowest BCUT2D eigenvalue weighted by molar-refractivity contribution is -0.137. The molecule has 2 fully saturated rings.